The summed E-state index contributed by atoms with van der Waals surface area (Å²) >= 11 is 0. The molecule has 0 aromatic heterocycles. The average molecular weight is 296 g/mol. The van der Waals surface area contributed by atoms with Crippen LogP contribution < -0.4 is 5.32 Å². The van der Waals surface area contributed by atoms with E-state index in [2.05, 4.69) is 12.2 Å². The van der Waals surface area contributed by atoms with E-state index < -0.39 is 5.60 Å². The summed E-state index contributed by atoms with van der Waals surface area (Å²) in [5, 5.41) is 3.76. The topological polar surface area (TPSA) is 41.6 Å². The number of piperidine rings is 1. The number of amides is 1. The summed E-state index contributed by atoms with van der Waals surface area (Å²) in [6.45, 7) is 9.69. The van der Waals surface area contributed by atoms with Gasteiger partial charge in [-0.1, -0.05) is 12.8 Å². The van der Waals surface area contributed by atoms with E-state index in [0.717, 1.165) is 31.8 Å². The third kappa shape index (κ3) is 5.17. The Labute approximate surface area is 129 Å². The first-order chi connectivity index (χ1) is 9.85. The van der Waals surface area contributed by atoms with Crippen LogP contribution in [0, 0.1) is 5.92 Å². The average Bonchev–Trinajstić information content (AvgIpc) is 2.91. The Bertz CT molecular complexity index is 345. The summed E-state index contributed by atoms with van der Waals surface area (Å²) in [5.41, 5.74) is -0.408. The zero-order valence-corrected chi connectivity index (χ0v) is 14.2. The molecule has 21 heavy (non-hydrogen) atoms. The number of carbonyl (C=O) groups is 1. The fourth-order valence-corrected chi connectivity index (χ4v) is 3.57. The second-order valence-electron chi connectivity index (χ2n) is 7.77. The summed E-state index contributed by atoms with van der Waals surface area (Å²) in [7, 11) is 0. The van der Waals surface area contributed by atoms with Gasteiger partial charge in [-0.15, -0.1) is 0 Å². The quantitative estimate of drug-likeness (QED) is 0.866. The summed E-state index contributed by atoms with van der Waals surface area (Å²) in [6, 6.07) is 0.984. The van der Waals surface area contributed by atoms with Crippen LogP contribution in [-0.2, 0) is 4.74 Å². The molecular formula is C17H32N2O2. The molecule has 2 aliphatic rings. The van der Waals surface area contributed by atoms with Gasteiger partial charge in [-0.3, -0.25) is 0 Å². The highest BCUT2D eigenvalue weighted by atomic mass is 16.6. The van der Waals surface area contributed by atoms with Crippen molar-refractivity contribution >= 4 is 6.09 Å². The minimum atomic E-state index is -0.408. The van der Waals surface area contributed by atoms with Crippen molar-refractivity contribution in [2.75, 3.05) is 13.1 Å². The lowest BCUT2D eigenvalue weighted by molar-refractivity contribution is 0.0181. The fraction of sp³-hybridized carbons (Fsp3) is 0.941. The molecule has 1 saturated carbocycles. The minimum absolute atomic E-state index is 0.164. The van der Waals surface area contributed by atoms with Crippen molar-refractivity contribution in [1.29, 1.82) is 0 Å². The molecular weight excluding hydrogens is 264 g/mol. The highest BCUT2D eigenvalue weighted by Gasteiger charge is 2.30. The molecule has 0 aromatic rings. The third-order valence-corrected chi connectivity index (χ3v) is 4.68. The van der Waals surface area contributed by atoms with Gasteiger partial charge in [0.2, 0.25) is 0 Å². The van der Waals surface area contributed by atoms with E-state index in [-0.39, 0.29) is 6.09 Å². The number of nitrogens with one attached hydrogen (secondary N) is 1. The van der Waals surface area contributed by atoms with Crippen molar-refractivity contribution < 1.29 is 9.53 Å². The molecule has 1 N–H and O–H groups in total. The molecule has 1 aliphatic carbocycles. The van der Waals surface area contributed by atoms with Crippen LogP contribution in [0.15, 0.2) is 0 Å². The predicted octanol–water partition coefficient (Wildman–Crippen LogP) is 3.55. The molecule has 1 amide bonds. The second kappa shape index (κ2) is 6.99. The molecule has 2 atom stereocenters. The van der Waals surface area contributed by atoms with Gasteiger partial charge in [0.15, 0.2) is 0 Å². The number of rotatable bonds is 3. The highest BCUT2D eigenvalue weighted by molar-refractivity contribution is 5.68. The summed E-state index contributed by atoms with van der Waals surface area (Å²) in [5.74, 6) is 0.821. The lowest BCUT2D eigenvalue weighted by Gasteiger charge is -2.36. The molecule has 1 heterocycles. The van der Waals surface area contributed by atoms with Crippen LogP contribution in [0.5, 0.6) is 0 Å². The van der Waals surface area contributed by atoms with E-state index in [1.807, 2.05) is 25.7 Å². The van der Waals surface area contributed by atoms with Gasteiger partial charge in [0.05, 0.1) is 0 Å². The van der Waals surface area contributed by atoms with E-state index in [1.54, 1.807) is 0 Å². The lowest BCUT2D eigenvalue weighted by Crippen LogP contribution is -2.52. The Morgan fingerprint density at radius 2 is 1.86 bits per heavy atom. The molecule has 122 valence electrons. The van der Waals surface area contributed by atoms with Gasteiger partial charge in [-0.2, -0.15) is 0 Å². The van der Waals surface area contributed by atoms with Crippen molar-refractivity contribution in [3.05, 3.63) is 0 Å². The Morgan fingerprint density at radius 3 is 2.48 bits per heavy atom. The van der Waals surface area contributed by atoms with Gasteiger partial charge in [0, 0.05) is 25.2 Å². The third-order valence-electron chi connectivity index (χ3n) is 4.68. The monoisotopic (exact) mass is 296 g/mol. The Balaban J connectivity index is 1.81. The largest absolute Gasteiger partial charge is 0.444 e. The zero-order chi connectivity index (χ0) is 15.5. The fourth-order valence-electron chi connectivity index (χ4n) is 3.57. The van der Waals surface area contributed by atoms with Crippen LogP contribution in [-0.4, -0.2) is 41.8 Å². The molecule has 0 bridgehead atoms. The summed E-state index contributed by atoms with van der Waals surface area (Å²) in [4.78, 5) is 14.0. The van der Waals surface area contributed by atoms with Crippen LogP contribution in [0.4, 0.5) is 4.79 Å². The van der Waals surface area contributed by atoms with Crippen LogP contribution >= 0.6 is 0 Å². The van der Waals surface area contributed by atoms with Gasteiger partial charge in [-0.05, 0) is 59.3 Å². The van der Waals surface area contributed by atoms with Crippen LogP contribution in [0.1, 0.15) is 66.2 Å². The van der Waals surface area contributed by atoms with Crippen molar-refractivity contribution in [2.24, 2.45) is 5.92 Å². The number of likely N-dealkylation sites (tertiary alicyclic amines) is 1. The van der Waals surface area contributed by atoms with Gasteiger partial charge in [0.25, 0.3) is 0 Å². The molecule has 4 heteroatoms. The molecule has 0 aromatic carbocycles. The molecule has 2 rings (SSSR count). The van der Waals surface area contributed by atoms with Gasteiger partial charge >= 0.3 is 6.09 Å². The first-order valence-corrected chi connectivity index (χ1v) is 8.59. The highest BCUT2D eigenvalue weighted by Crippen LogP contribution is 2.28. The Hall–Kier alpha value is -0.770. The van der Waals surface area contributed by atoms with Gasteiger partial charge < -0.3 is 15.0 Å². The summed E-state index contributed by atoms with van der Waals surface area (Å²) in [6.07, 6.45) is 7.54. The minimum Gasteiger partial charge on any atom is -0.444 e. The van der Waals surface area contributed by atoms with E-state index in [1.165, 1.54) is 25.7 Å². The number of hydrogen-bond donors (Lipinski definition) is 1. The first-order valence-electron chi connectivity index (χ1n) is 8.59. The van der Waals surface area contributed by atoms with Gasteiger partial charge in [0.1, 0.15) is 5.60 Å². The molecule has 2 fully saturated rings. The van der Waals surface area contributed by atoms with Crippen LogP contribution in [0.25, 0.3) is 0 Å². The number of nitrogens with zero attached hydrogens (tertiary/aromatic N) is 1. The number of carbonyl (C=O) groups excluding carboxylic acids is 1. The maximum absolute atomic E-state index is 12.2. The van der Waals surface area contributed by atoms with Gasteiger partial charge in [-0.25, -0.2) is 4.79 Å². The number of hydrogen-bond acceptors (Lipinski definition) is 3. The summed E-state index contributed by atoms with van der Waals surface area (Å²) < 4.78 is 5.49. The normalized spacial score (nSPS) is 25.9. The molecule has 2 unspecified atom stereocenters. The molecule has 0 radical (unpaired) electrons. The Kier molecular flexibility index (Phi) is 5.53. The van der Waals surface area contributed by atoms with Crippen molar-refractivity contribution in [2.45, 2.75) is 83.9 Å². The molecule has 1 aliphatic heterocycles. The van der Waals surface area contributed by atoms with Crippen LogP contribution in [0.2, 0.25) is 0 Å². The van der Waals surface area contributed by atoms with Crippen molar-refractivity contribution in [3.8, 4) is 0 Å². The maximum atomic E-state index is 12.2. The smallest absolute Gasteiger partial charge is 0.410 e. The molecule has 0 spiro atoms. The molecule has 4 nitrogen and oxygen atoms in total. The van der Waals surface area contributed by atoms with Crippen molar-refractivity contribution in [1.82, 2.24) is 10.2 Å². The van der Waals surface area contributed by atoms with Crippen LogP contribution in [0.3, 0.4) is 0 Å². The van der Waals surface area contributed by atoms with Crippen molar-refractivity contribution in [3.63, 3.8) is 0 Å². The Morgan fingerprint density at radius 1 is 1.19 bits per heavy atom. The second-order valence-corrected chi connectivity index (χ2v) is 7.77. The first kappa shape index (κ1) is 16.6. The zero-order valence-electron chi connectivity index (χ0n) is 14.2. The van der Waals surface area contributed by atoms with E-state index in [0.29, 0.717) is 12.1 Å². The number of ether oxygens (including phenoxy) is 1. The maximum Gasteiger partial charge on any atom is 0.410 e. The lowest BCUT2D eigenvalue weighted by atomic mass is 9.97. The predicted molar refractivity (Wildman–Crippen MR) is 85.4 cm³/mol. The molecule has 1 saturated heterocycles. The van der Waals surface area contributed by atoms with E-state index >= 15 is 0 Å². The SMILES string of the molecule is CC(NC1CCCN(C(=O)OC(C)(C)C)C1)C1CCCC1. The van der Waals surface area contributed by atoms with E-state index in [9.17, 15) is 4.79 Å². The standard InChI is InChI=1S/C17H32N2O2/c1-13(14-8-5-6-9-14)18-15-10-7-11-19(12-15)16(20)21-17(2,3)4/h13-15,18H,5-12H2,1-4H3. The van der Waals surface area contributed by atoms with E-state index in [4.69, 9.17) is 4.74 Å².